The average molecular weight is 447 g/mol. The molecule has 1 aromatic rings. The van der Waals surface area contributed by atoms with E-state index in [1.807, 2.05) is 33.2 Å². The summed E-state index contributed by atoms with van der Waals surface area (Å²) < 4.78 is 5.20. The normalized spacial score (nSPS) is 16.7. The lowest BCUT2D eigenvalue weighted by Crippen LogP contribution is -2.32. The van der Waals surface area contributed by atoms with Gasteiger partial charge in [0.2, 0.25) is 5.91 Å². The Bertz CT molecular complexity index is 717. The van der Waals surface area contributed by atoms with Crippen LogP contribution in [0.15, 0.2) is 18.5 Å². The van der Waals surface area contributed by atoms with Crippen LogP contribution in [0, 0.1) is 0 Å². The van der Waals surface area contributed by atoms with Crippen molar-refractivity contribution in [2.45, 2.75) is 90.2 Å². The molecule has 7 heteroatoms. The van der Waals surface area contributed by atoms with E-state index in [1.54, 1.807) is 0 Å². The molecule has 1 atom stereocenters. The highest BCUT2D eigenvalue weighted by Gasteiger charge is 2.22. The molecular weight excluding hydrogens is 404 g/mol. The topological polar surface area (TPSA) is 83.6 Å². The van der Waals surface area contributed by atoms with Crippen LogP contribution in [0.3, 0.4) is 0 Å². The number of aryl methyl sites for hydroxylation is 1. The lowest BCUT2D eigenvalue weighted by Gasteiger charge is -2.19. The highest BCUT2D eigenvalue weighted by molar-refractivity contribution is 5.75. The van der Waals surface area contributed by atoms with E-state index in [1.165, 1.54) is 24.0 Å². The molecule has 0 saturated carbocycles. The van der Waals surface area contributed by atoms with Gasteiger partial charge in [-0.25, -0.2) is 4.79 Å². The van der Waals surface area contributed by atoms with Gasteiger partial charge in [-0.2, -0.15) is 0 Å². The number of carbonyl (C=O) groups excluding carboxylic acids is 2. The zero-order valence-corrected chi connectivity index (χ0v) is 20.4. The van der Waals surface area contributed by atoms with Crippen molar-refractivity contribution in [1.82, 2.24) is 20.5 Å². The van der Waals surface area contributed by atoms with Crippen molar-refractivity contribution in [3.05, 3.63) is 29.6 Å². The zero-order valence-electron chi connectivity index (χ0n) is 20.4. The zero-order chi connectivity index (χ0) is 23.4. The van der Waals surface area contributed by atoms with Gasteiger partial charge in [0.25, 0.3) is 0 Å². The molecule has 2 amide bonds. The first-order chi connectivity index (χ1) is 15.2. The van der Waals surface area contributed by atoms with E-state index in [0.717, 1.165) is 45.1 Å². The Balaban J connectivity index is 1.48. The van der Waals surface area contributed by atoms with E-state index in [0.29, 0.717) is 25.6 Å². The maximum Gasteiger partial charge on any atom is 0.407 e. The van der Waals surface area contributed by atoms with Crippen LogP contribution in [-0.4, -0.2) is 54.2 Å². The first-order valence-corrected chi connectivity index (χ1v) is 12.1. The standard InChI is InChI=1S/C25H42N4O3/c1-25(2,3)32-24(31)28-14-8-6-5-7-13-23(30)27-15-9-11-20-17-21(19-26-18-20)22-12-10-16-29(22)4/h17-19,22H,5-16H2,1-4H3,(H,27,30)(H,28,31)/t22-/m0/s1. The number of carbonyl (C=O) groups is 2. The van der Waals surface area contributed by atoms with Gasteiger partial charge in [0, 0.05) is 37.9 Å². The summed E-state index contributed by atoms with van der Waals surface area (Å²) in [6, 6.07) is 2.77. The summed E-state index contributed by atoms with van der Waals surface area (Å²) in [7, 11) is 2.18. The molecule has 1 saturated heterocycles. The van der Waals surface area contributed by atoms with Crippen molar-refractivity contribution in [3.8, 4) is 0 Å². The average Bonchev–Trinajstić information content (AvgIpc) is 3.15. The molecule has 2 N–H and O–H groups in total. The molecule has 0 spiro atoms. The summed E-state index contributed by atoms with van der Waals surface area (Å²) in [5, 5.41) is 5.79. The summed E-state index contributed by atoms with van der Waals surface area (Å²) >= 11 is 0. The van der Waals surface area contributed by atoms with Crippen molar-refractivity contribution in [3.63, 3.8) is 0 Å². The lowest BCUT2D eigenvalue weighted by atomic mass is 10.0. The minimum Gasteiger partial charge on any atom is -0.444 e. The van der Waals surface area contributed by atoms with Gasteiger partial charge in [-0.05, 0) is 84.0 Å². The number of likely N-dealkylation sites (tertiary alicyclic amines) is 1. The second-order valence-electron chi connectivity index (χ2n) is 9.81. The number of hydrogen-bond donors (Lipinski definition) is 2. The summed E-state index contributed by atoms with van der Waals surface area (Å²) in [5.74, 6) is 0.122. The number of nitrogens with one attached hydrogen (secondary N) is 2. The van der Waals surface area contributed by atoms with Gasteiger partial charge in [-0.1, -0.05) is 18.9 Å². The van der Waals surface area contributed by atoms with E-state index in [-0.39, 0.29) is 12.0 Å². The molecule has 0 bridgehead atoms. The maximum atomic E-state index is 12.0. The number of nitrogens with zero attached hydrogens (tertiary/aromatic N) is 2. The van der Waals surface area contributed by atoms with E-state index in [2.05, 4.69) is 33.6 Å². The summed E-state index contributed by atoms with van der Waals surface area (Å²) in [4.78, 5) is 30.4. The first-order valence-electron chi connectivity index (χ1n) is 12.1. The third-order valence-electron chi connectivity index (χ3n) is 5.68. The fourth-order valence-electron chi connectivity index (χ4n) is 4.04. The Kier molecular flexibility index (Phi) is 10.9. The van der Waals surface area contributed by atoms with E-state index in [4.69, 9.17) is 4.74 Å². The Morgan fingerprint density at radius 2 is 1.84 bits per heavy atom. The van der Waals surface area contributed by atoms with Crippen molar-refractivity contribution in [1.29, 1.82) is 0 Å². The number of rotatable bonds is 12. The maximum absolute atomic E-state index is 12.0. The molecule has 2 rings (SSSR count). The van der Waals surface area contributed by atoms with Crippen molar-refractivity contribution >= 4 is 12.0 Å². The Morgan fingerprint density at radius 1 is 1.09 bits per heavy atom. The molecule has 0 aliphatic carbocycles. The summed E-state index contributed by atoms with van der Waals surface area (Å²) in [5.41, 5.74) is 2.09. The van der Waals surface area contributed by atoms with Crippen molar-refractivity contribution in [2.24, 2.45) is 0 Å². The molecule has 180 valence electrons. The first kappa shape index (κ1) is 26.1. The Morgan fingerprint density at radius 3 is 2.56 bits per heavy atom. The van der Waals surface area contributed by atoms with Gasteiger partial charge >= 0.3 is 6.09 Å². The number of ether oxygens (including phenoxy) is 1. The van der Waals surface area contributed by atoms with Gasteiger partial charge in [0.05, 0.1) is 0 Å². The molecule has 1 fully saturated rings. The molecule has 1 aliphatic rings. The summed E-state index contributed by atoms with van der Waals surface area (Å²) in [6.45, 7) is 8.01. The van der Waals surface area contributed by atoms with Crippen molar-refractivity contribution in [2.75, 3.05) is 26.7 Å². The highest BCUT2D eigenvalue weighted by atomic mass is 16.6. The van der Waals surface area contributed by atoms with Crippen LogP contribution in [0.4, 0.5) is 4.79 Å². The van der Waals surface area contributed by atoms with Gasteiger partial charge in [0.15, 0.2) is 0 Å². The minimum absolute atomic E-state index is 0.122. The van der Waals surface area contributed by atoms with Gasteiger partial charge in [-0.3, -0.25) is 14.7 Å². The molecule has 32 heavy (non-hydrogen) atoms. The largest absolute Gasteiger partial charge is 0.444 e. The third-order valence-corrected chi connectivity index (χ3v) is 5.68. The van der Waals surface area contributed by atoms with Crippen LogP contribution in [0.25, 0.3) is 0 Å². The SMILES string of the molecule is CN1CCC[C@H]1c1cncc(CCCNC(=O)CCCCCCNC(=O)OC(C)(C)C)c1. The molecular formula is C25H42N4O3. The highest BCUT2D eigenvalue weighted by Crippen LogP contribution is 2.30. The van der Waals surface area contributed by atoms with Crippen molar-refractivity contribution < 1.29 is 14.3 Å². The van der Waals surface area contributed by atoms with Crippen LogP contribution < -0.4 is 10.6 Å². The van der Waals surface area contributed by atoms with Gasteiger partial charge in [0.1, 0.15) is 5.60 Å². The Hall–Kier alpha value is -2.15. The van der Waals surface area contributed by atoms with Gasteiger partial charge < -0.3 is 15.4 Å². The van der Waals surface area contributed by atoms with E-state index < -0.39 is 5.60 Å². The Labute approximate surface area is 193 Å². The number of pyridine rings is 1. The smallest absolute Gasteiger partial charge is 0.407 e. The molecule has 1 aliphatic heterocycles. The number of amides is 2. The molecule has 0 unspecified atom stereocenters. The van der Waals surface area contributed by atoms with Crippen LogP contribution in [-0.2, 0) is 16.0 Å². The second-order valence-corrected chi connectivity index (χ2v) is 9.81. The summed E-state index contributed by atoms with van der Waals surface area (Å²) in [6.07, 6.45) is 12.2. The molecule has 0 aromatic carbocycles. The monoisotopic (exact) mass is 446 g/mol. The number of aromatic nitrogens is 1. The predicted molar refractivity (Wildman–Crippen MR) is 127 cm³/mol. The van der Waals surface area contributed by atoms with Crippen LogP contribution >= 0.6 is 0 Å². The fourth-order valence-corrected chi connectivity index (χ4v) is 4.04. The minimum atomic E-state index is -0.467. The molecule has 7 nitrogen and oxygen atoms in total. The quantitative estimate of drug-likeness (QED) is 0.466. The van der Waals surface area contributed by atoms with Gasteiger partial charge in [-0.15, -0.1) is 0 Å². The molecule has 2 heterocycles. The predicted octanol–water partition coefficient (Wildman–Crippen LogP) is 4.37. The second kappa shape index (κ2) is 13.4. The number of alkyl carbamates (subject to hydrolysis) is 1. The number of unbranched alkanes of at least 4 members (excludes halogenated alkanes) is 3. The molecule has 1 aromatic heterocycles. The lowest BCUT2D eigenvalue weighted by molar-refractivity contribution is -0.121. The molecule has 0 radical (unpaired) electrons. The third kappa shape index (κ3) is 10.4. The fraction of sp³-hybridized carbons (Fsp3) is 0.720. The van der Waals surface area contributed by atoms with Crippen LogP contribution in [0.2, 0.25) is 0 Å². The van der Waals surface area contributed by atoms with Crippen LogP contribution in [0.5, 0.6) is 0 Å². The number of hydrogen-bond acceptors (Lipinski definition) is 5. The van der Waals surface area contributed by atoms with E-state index in [9.17, 15) is 9.59 Å². The van der Waals surface area contributed by atoms with Crippen LogP contribution in [0.1, 0.15) is 89.3 Å². The van der Waals surface area contributed by atoms with E-state index >= 15 is 0 Å².